The van der Waals surface area contributed by atoms with Crippen molar-refractivity contribution in [2.24, 2.45) is 5.73 Å². The molecule has 0 unspecified atom stereocenters. The molecule has 0 spiro atoms. The molecule has 0 aromatic heterocycles. The topological polar surface area (TPSA) is 127 Å². The number of hydrogen-bond donors (Lipinski definition) is 2. The highest BCUT2D eigenvalue weighted by Crippen LogP contribution is 2.07. The summed E-state index contributed by atoms with van der Waals surface area (Å²) in [5.74, 6) is -0.917. The summed E-state index contributed by atoms with van der Waals surface area (Å²) >= 11 is 0. The number of carbonyl (C=O) groups excluding carboxylic acids is 5. The number of amides is 4. The lowest BCUT2D eigenvalue weighted by Crippen LogP contribution is -2.36. The molecule has 0 bridgehead atoms. The van der Waals surface area contributed by atoms with Gasteiger partial charge in [0.25, 0.3) is 11.8 Å². The van der Waals surface area contributed by atoms with Crippen LogP contribution in [0.5, 0.6) is 0 Å². The van der Waals surface area contributed by atoms with Crippen LogP contribution in [0.1, 0.15) is 55.7 Å². The van der Waals surface area contributed by atoms with E-state index in [1.54, 1.807) is 13.8 Å². The average molecular weight is 357 g/mol. The molecule has 0 aliphatic carbocycles. The maximum absolute atomic E-state index is 11.1. The molecule has 1 heterocycles. The second-order valence-electron chi connectivity index (χ2n) is 5.69. The zero-order valence-electron chi connectivity index (χ0n) is 15.0. The van der Waals surface area contributed by atoms with Gasteiger partial charge in [-0.15, -0.1) is 0 Å². The van der Waals surface area contributed by atoms with Gasteiger partial charge in [0.2, 0.25) is 11.8 Å². The van der Waals surface area contributed by atoms with Gasteiger partial charge in [-0.2, -0.15) is 0 Å². The van der Waals surface area contributed by atoms with Gasteiger partial charge >= 0.3 is 0 Å². The van der Waals surface area contributed by atoms with Crippen LogP contribution in [-0.4, -0.2) is 46.9 Å². The van der Waals surface area contributed by atoms with E-state index in [4.69, 9.17) is 5.73 Å². The van der Waals surface area contributed by atoms with Crippen molar-refractivity contribution in [3.8, 4) is 0 Å². The molecule has 0 fully saturated rings. The molecule has 0 saturated carbocycles. The number of carbonyl (C=O) groups is 5. The zero-order valence-corrected chi connectivity index (χ0v) is 15.0. The molecule has 0 radical (unpaired) electrons. The van der Waals surface area contributed by atoms with E-state index in [0.29, 0.717) is 32.2 Å². The fraction of sp³-hybridized carbons (Fsp3) is 0.588. The van der Waals surface area contributed by atoms with E-state index in [0.717, 1.165) is 6.42 Å². The first-order valence-corrected chi connectivity index (χ1v) is 8.30. The van der Waals surface area contributed by atoms with Gasteiger partial charge in [-0.3, -0.25) is 28.9 Å². The number of imide groups is 1. The van der Waals surface area contributed by atoms with E-state index >= 15 is 0 Å². The standard InChI is InChI=1S/C10H14N2O3.C7H13NO2.2H2/c11-8(13)4-2-1-3-7-12-9(14)5-6-10(12)15;1-4-7(10)8-5(2)6(3)9;;/h5-6H,1-4,7H2,(H2,11,13);5H,4H2,1-3H3,(H,8,10);2*1H/t;5-;;/m.0../s1. The van der Waals surface area contributed by atoms with Gasteiger partial charge in [0.15, 0.2) is 5.78 Å². The van der Waals surface area contributed by atoms with Gasteiger partial charge in [-0.05, 0) is 26.7 Å². The molecule has 25 heavy (non-hydrogen) atoms. The van der Waals surface area contributed by atoms with Crippen LogP contribution < -0.4 is 11.1 Å². The Morgan fingerprint density at radius 2 is 1.72 bits per heavy atom. The molecular formula is C17H31N3O5. The van der Waals surface area contributed by atoms with Crippen molar-refractivity contribution in [3.05, 3.63) is 12.2 Å². The summed E-state index contributed by atoms with van der Waals surface area (Å²) in [6.45, 7) is 5.31. The third-order valence-corrected chi connectivity index (χ3v) is 3.51. The van der Waals surface area contributed by atoms with E-state index in [1.807, 2.05) is 0 Å². The van der Waals surface area contributed by atoms with Crippen LogP contribution in [0.15, 0.2) is 12.2 Å². The highest BCUT2D eigenvalue weighted by molar-refractivity contribution is 6.12. The minimum atomic E-state index is -0.340. The minimum absolute atomic E-state index is 0. The van der Waals surface area contributed by atoms with Crippen LogP contribution in [-0.2, 0) is 24.0 Å². The molecule has 0 aromatic carbocycles. The number of hydrogen-bond acceptors (Lipinski definition) is 5. The van der Waals surface area contributed by atoms with Crippen molar-refractivity contribution in [2.75, 3.05) is 6.54 Å². The lowest BCUT2D eigenvalue weighted by Gasteiger charge is -2.12. The fourth-order valence-electron chi connectivity index (χ4n) is 1.84. The van der Waals surface area contributed by atoms with Gasteiger partial charge in [-0.25, -0.2) is 0 Å². The van der Waals surface area contributed by atoms with Gasteiger partial charge in [0.1, 0.15) is 0 Å². The number of primary amides is 1. The predicted octanol–water partition coefficient (Wildman–Crippen LogP) is 0.939. The van der Waals surface area contributed by atoms with Crippen molar-refractivity contribution >= 4 is 29.4 Å². The first-order valence-electron chi connectivity index (χ1n) is 8.30. The van der Waals surface area contributed by atoms with Crippen LogP contribution in [0.25, 0.3) is 0 Å². The third-order valence-electron chi connectivity index (χ3n) is 3.51. The summed E-state index contributed by atoms with van der Waals surface area (Å²) in [6.07, 6.45) is 5.54. The molecule has 8 nitrogen and oxygen atoms in total. The average Bonchev–Trinajstić information content (AvgIpc) is 2.86. The van der Waals surface area contributed by atoms with Crippen molar-refractivity contribution in [1.29, 1.82) is 0 Å². The summed E-state index contributed by atoms with van der Waals surface area (Å²) in [4.78, 5) is 55.1. The van der Waals surface area contributed by atoms with E-state index in [1.165, 1.54) is 24.0 Å². The maximum atomic E-state index is 11.1. The lowest BCUT2D eigenvalue weighted by atomic mass is 10.2. The molecule has 1 rings (SSSR count). The summed E-state index contributed by atoms with van der Waals surface area (Å²) in [6, 6.07) is -0.340. The number of nitrogens with one attached hydrogen (secondary N) is 1. The second kappa shape index (κ2) is 11.9. The van der Waals surface area contributed by atoms with Crippen molar-refractivity contribution in [3.63, 3.8) is 0 Å². The van der Waals surface area contributed by atoms with Gasteiger partial charge in [0, 0.05) is 34.4 Å². The minimum Gasteiger partial charge on any atom is -0.370 e. The second-order valence-corrected chi connectivity index (χ2v) is 5.69. The van der Waals surface area contributed by atoms with Crippen LogP contribution in [0.4, 0.5) is 0 Å². The Hall–Kier alpha value is -2.51. The van der Waals surface area contributed by atoms with Crippen molar-refractivity contribution < 1.29 is 26.8 Å². The van der Waals surface area contributed by atoms with E-state index in [-0.39, 0.29) is 38.3 Å². The molecular weight excluding hydrogens is 326 g/mol. The summed E-state index contributed by atoms with van der Waals surface area (Å²) < 4.78 is 0. The van der Waals surface area contributed by atoms with Gasteiger partial charge < -0.3 is 11.1 Å². The van der Waals surface area contributed by atoms with Gasteiger partial charge in [-0.1, -0.05) is 13.3 Å². The highest BCUT2D eigenvalue weighted by atomic mass is 16.2. The number of nitrogens with zero attached hydrogens (tertiary/aromatic N) is 1. The molecule has 0 aromatic rings. The zero-order chi connectivity index (χ0) is 19.4. The van der Waals surface area contributed by atoms with Gasteiger partial charge in [0.05, 0.1) is 6.04 Å². The number of rotatable bonds is 9. The highest BCUT2D eigenvalue weighted by Gasteiger charge is 2.22. The SMILES string of the molecule is CCC(=O)N[C@@H](C)C(C)=O.NC(=O)CCCCCN1C(=O)C=CC1=O.[HH].[HH]. The molecule has 1 aliphatic rings. The smallest absolute Gasteiger partial charge is 0.253 e. The number of Topliss-reactive ketones (excluding diaryl/α,β-unsaturated/α-hetero) is 1. The summed E-state index contributed by atoms with van der Waals surface area (Å²) in [5.41, 5.74) is 4.97. The maximum Gasteiger partial charge on any atom is 0.253 e. The number of nitrogens with two attached hydrogens (primary N) is 1. The quantitative estimate of drug-likeness (QED) is 0.469. The molecule has 8 heteroatoms. The van der Waals surface area contributed by atoms with E-state index < -0.39 is 0 Å². The van der Waals surface area contributed by atoms with E-state index in [2.05, 4.69) is 5.32 Å². The molecule has 0 saturated heterocycles. The molecule has 144 valence electrons. The first kappa shape index (κ1) is 22.5. The number of unbranched alkanes of at least 4 members (excludes halogenated alkanes) is 2. The Balaban J connectivity index is -0.000000427. The van der Waals surface area contributed by atoms with E-state index in [9.17, 15) is 24.0 Å². The Labute approximate surface area is 150 Å². The fourth-order valence-corrected chi connectivity index (χ4v) is 1.84. The van der Waals surface area contributed by atoms with Crippen molar-refractivity contribution in [2.45, 2.75) is 58.9 Å². The van der Waals surface area contributed by atoms with Crippen LogP contribution in [0.3, 0.4) is 0 Å². The largest absolute Gasteiger partial charge is 0.370 e. The first-order chi connectivity index (χ1) is 11.7. The van der Waals surface area contributed by atoms with Crippen LogP contribution in [0.2, 0.25) is 0 Å². The monoisotopic (exact) mass is 357 g/mol. The normalized spacial score (nSPS) is 14.0. The van der Waals surface area contributed by atoms with Crippen LogP contribution in [0, 0.1) is 0 Å². The molecule has 4 amide bonds. The predicted molar refractivity (Wildman–Crippen MR) is 96.3 cm³/mol. The Kier molecular flexibility index (Phi) is 10.7. The molecule has 3 N–H and O–H groups in total. The third kappa shape index (κ3) is 10.1. The Bertz CT molecular complexity index is 535. The lowest BCUT2D eigenvalue weighted by molar-refractivity contribution is -0.137. The Morgan fingerprint density at radius 3 is 2.16 bits per heavy atom. The van der Waals surface area contributed by atoms with Crippen LogP contribution >= 0.6 is 0 Å². The Morgan fingerprint density at radius 1 is 1.16 bits per heavy atom. The molecule has 1 aliphatic heterocycles. The summed E-state index contributed by atoms with van der Waals surface area (Å²) in [5, 5.41) is 2.54. The molecule has 1 atom stereocenters. The summed E-state index contributed by atoms with van der Waals surface area (Å²) in [7, 11) is 0. The number of ketones is 1. The van der Waals surface area contributed by atoms with Crippen molar-refractivity contribution in [1.82, 2.24) is 10.2 Å².